The summed E-state index contributed by atoms with van der Waals surface area (Å²) in [6.07, 6.45) is 2.64. The average Bonchev–Trinajstić information content (AvgIpc) is 2.78. The molecule has 76 valence electrons. The largest absolute Gasteiger partial charge is 0.382 e. The van der Waals surface area contributed by atoms with Gasteiger partial charge in [-0.2, -0.15) is 5.10 Å². The van der Waals surface area contributed by atoms with Gasteiger partial charge in [0, 0.05) is 10.7 Å². The van der Waals surface area contributed by atoms with Crippen molar-refractivity contribution in [2.45, 2.75) is 0 Å². The van der Waals surface area contributed by atoms with E-state index < -0.39 is 5.97 Å². The van der Waals surface area contributed by atoms with Gasteiger partial charge in [-0.05, 0) is 12.1 Å². The third-order valence-corrected chi connectivity index (χ3v) is 1.91. The Bertz CT molecular complexity index is 467. The minimum atomic E-state index is -1.04. The molecule has 0 saturated carbocycles. The molecule has 0 spiro atoms. The molecular weight excluding hydrogens is 199 g/mol. The third-order valence-electron chi connectivity index (χ3n) is 1.91. The first kappa shape index (κ1) is 9.39. The summed E-state index contributed by atoms with van der Waals surface area (Å²) in [5, 5.41) is 3.90. The van der Waals surface area contributed by atoms with Gasteiger partial charge in [-0.3, -0.25) is 0 Å². The lowest BCUT2D eigenvalue weighted by atomic mass is 10.3. The monoisotopic (exact) mass is 206 g/mol. The van der Waals surface area contributed by atoms with Gasteiger partial charge in [0.05, 0.1) is 11.9 Å². The predicted molar refractivity (Wildman–Crippen MR) is 50.1 cm³/mol. The van der Waals surface area contributed by atoms with Crippen molar-refractivity contribution in [1.82, 2.24) is 9.78 Å². The molecule has 0 radical (unpaired) electrons. The normalized spacial score (nSPS) is 9.93. The van der Waals surface area contributed by atoms with E-state index >= 15 is 0 Å². The van der Waals surface area contributed by atoms with E-state index in [2.05, 4.69) is 10.0 Å². The maximum atomic E-state index is 11.6. The van der Waals surface area contributed by atoms with Crippen LogP contribution >= 0.6 is 0 Å². The first-order valence-corrected chi connectivity index (χ1v) is 4.24. The first-order valence-electron chi connectivity index (χ1n) is 4.24. The van der Waals surface area contributed by atoms with E-state index in [9.17, 15) is 9.32 Å². The lowest BCUT2D eigenvalue weighted by Gasteiger charge is -1.98. The fourth-order valence-corrected chi connectivity index (χ4v) is 1.19. The van der Waals surface area contributed by atoms with Gasteiger partial charge >= 0.3 is 5.97 Å². The molecule has 4 nitrogen and oxygen atoms in total. The van der Waals surface area contributed by atoms with Crippen LogP contribution in [0.15, 0.2) is 42.7 Å². The second-order valence-corrected chi connectivity index (χ2v) is 2.87. The van der Waals surface area contributed by atoms with Crippen molar-refractivity contribution < 1.29 is 14.3 Å². The van der Waals surface area contributed by atoms with E-state index in [1.807, 2.05) is 30.3 Å². The number of nitrogens with zero attached hydrogens (tertiary/aromatic N) is 2. The molecule has 0 unspecified atom stereocenters. The summed E-state index contributed by atoms with van der Waals surface area (Å²) < 4.78 is 13.1. The number of hydrogen-bond donors (Lipinski definition) is 0. The summed E-state index contributed by atoms with van der Waals surface area (Å²) in [7, 11) is 0. The third kappa shape index (κ3) is 1.85. The molecule has 0 aliphatic heterocycles. The van der Waals surface area contributed by atoms with E-state index in [0.717, 1.165) is 5.69 Å². The molecule has 0 aliphatic rings. The molecule has 0 amide bonds. The Balaban J connectivity index is 2.32. The van der Waals surface area contributed by atoms with Crippen LogP contribution < -0.4 is 0 Å². The van der Waals surface area contributed by atoms with E-state index in [1.54, 1.807) is 0 Å². The van der Waals surface area contributed by atoms with E-state index in [0.29, 0.717) is 0 Å². The van der Waals surface area contributed by atoms with Gasteiger partial charge in [0.15, 0.2) is 0 Å². The molecule has 1 aromatic heterocycles. The van der Waals surface area contributed by atoms with Crippen LogP contribution in [0.5, 0.6) is 0 Å². The van der Waals surface area contributed by atoms with Crippen LogP contribution in [0.4, 0.5) is 4.53 Å². The molecule has 2 rings (SSSR count). The van der Waals surface area contributed by atoms with E-state index in [4.69, 9.17) is 0 Å². The van der Waals surface area contributed by atoms with Gasteiger partial charge in [-0.25, -0.2) is 14.4 Å². The molecule has 15 heavy (non-hydrogen) atoms. The summed E-state index contributed by atoms with van der Waals surface area (Å²) in [6, 6.07) is 9.17. The number of hydrogen-bond acceptors (Lipinski definition) is 3. The Labute approximate surface area is 84.8 Å². The van der Waals surface area contributed by atoms with Gasteiger partial charge in [0.25, 0.3) is 0 Å². The summed E-state index contributed by atoms with van der Waals surface area (Å²) in [6.45, 7) is 0. The molecule has 0 aliphatic carbocycles. The van der Waals surface area contributed by atoms with Crippen LogP contribution in [-0.4, -0.2) is 15.7 Å². The smallest absolute Gasteiger partial charge is 0.249 e. The summed E-state index contributed by atoms with van der Waals surface area (Å²) in [5.74, 6) is -1.04. The molecule has 5 heteroatoms. The highest BCUT2D eigenvalue weighted by molar-refractivity contribution is 5.88. The lowest BCUT2D eigenvalue weighted by molar-refractivity contribution is -0.0788. The zero-order valence-electron chi connectivity index (χ0n) is 7.63. The van der Waals surface area contributed by atoms with Crippen molar-refractivity contribution in [3.63, 3.8) is 0 Å². The highest BCUT2D eigenvalue weighted by Crippen LogP contribution is 2.08. The quantitative estimate of drug-likeness (QED) is 0.753. The van der Waals surface area contributed by atoms with Crippen molar-refractivity contribution in [1.29, 1.82) is 0 Å². The summed E-state index contributed by atoms with van der Waals surface area (Å²) in [4.78, 5) is 13.9. The van der Waals surface area contributed by atoms with Crippen LogP contribution in [0.1, 0.15) is 10.4 Å². The van der Waals surface area contributed by atoms with Crippen molar-refractivity contribution in [3.8, 4) is 5.69 Å². The Hall–Kier alpha value is -2.17. The zero-order chi connectivity index (χ0) is 10.7. The molecule has 0 N–H and O–H groups in total. The average molecular weight is 206 g/mol. The SMILES string of the molecule is O=C(OF)c1cnn(-c2ccccc2)c1. The number of halogens is 1. The zero-order valence-corrected chi connectivity index (χ0v) is 7.63. The number of benzene rings is 1. The van der Waals surface area contributed by atoms with Gasteiger partial charge in [-0.1, -0.05) is 18.2 Å². The number of rotatable bonds is 2. The second-order valence-electron chi connectivity index (χ2n) is 2.87. The van der Waals surface area contributed by atoms with Crippen molar-refractivity contribution >= 4 is 5.97 Å². The second kappa shape index (κ2) is 3.91. The number of carbonyl (C=O) groups is 1. The van der Waals surface area contributed by atoms with Crippen molar-refractivity contribution in [2.75, 3.05) is 0 Å². The predicted octanol–water partition coefficient (Wildman–Crippen LogP) is 1.91. The Morgan fingerprint density at radius 2 is 2.07 bits per heavy atom. The molecule has 1 heterocycles. The Morgan fingerprint density at radius 3 is 2.73 bits per heavy atom. The van der Waals surface area contributed by atoms with Gasteiger partial charge in [-0.15, -0.1) is 0 Å². The highest BCUT2D eigenvalue weighted by atomic mass is 19.3. The number of aromatic nitrogens is 2. The van der Waals surface area contributed by atoms with Crippen LogP contribution in [-0.2, 0) is 4.94 Å². The molecule has 1 aromatic carbocycles. The molecule has 2 aromatic rings. The molecular formula is C10H7FN2O2. The highest BCUT2D eigenvalue weighted by Gasteiger charge is 2.10. The lowest BCUT2D eigenvalue weighted by Crippen LogP contribution is -1.97. The maximum Gasteiger partial charge on any atom is 0.382 e. The fourth-order valence-electron chi connectivity index (χ4n) is 1.19. The standard InChI is InChI=1S/C10H7FN2O2/c11-15-10(14)8-6-12-13(7-8)9-4-2-1-3-5-9/h1-7H. The molecule has 0 bridgehead atoms. The van der Waals surface area contributed by atoms with Gasteiger partial charge < -0.3 is 0 Å². The van der Waals surface area contributed by atoms with E-state index in [1.165, 1.54) is 17.1 Å². The van der Waals surface area contributed by atoms with Crippen LogP contribution in [0, 0.1) is 0 Å². The number of carbonyl (C=O) groups excluding carboxylic acids is 1. The summed E-state index contributed by atoms with van der Waals surface area (Å²) >= 11 is 0. The van der Waals surface area contributed by atoms with Crippen LogP contribution in [0.3, 0.4) is 0 Å². The molecule has 0 saturated heterocycles. The minimum Gasteiger partial charge on any atom is -0.249 e. The van der Waals surface area contributed by atoms with Gasteiger partial charge in [0.2, 0.25) is 0 Å². The fraction of sp³-hybridized carbons (Fsp3) is 0. The minimum absolute atomic E-state index is 0.0707. The molecule has 0 atom stereocenters. The van der Waals surface area contributed by atoms with Crippen molar-refractivity contribution in [2.24, 2.45) is 0 Å². The van der Waals surface area contributed by atoms with Crippen LogP contribution in [0.25, 0.3) is 5.69 Å². The maximum absolute atomic E-state index is 11.6. The Morgan fingerprint density at radius 1 is 1.33 bits per heavy atom. The number of para-hydroxylation sites is 1. The van der Waals surface area contributed by atoms with Crippen LogP contribution in [0.2, 0.25) is 0 Å². The van der Waals surface area contributed by atoms with E-state index in [-0.39, 0.29) is 5.56 Å². The van der Waals surface area contributed by atoms with Gasteiger partial charge in [0.1, 0.15) is 5.56 Å². The topological polar surface area (TPSA) is 44.1 Å². The Kier molecular flexibility index (Phi) is 2.45. The molecule has 0 fully saturated rings. The summed E-state index contributed by atoms with van der Waals surface area (Å²) in [5.41, 5.74) is 0.858. The van der Waals surface area contributed by atoms with Crippen molar-refractivity contribution in [3.05, 3.63) is 48.3 Å². The first-order chi connectivity index (χ1) is 7.31.